The summed E-state index contributed by atoms with van der Waals surface area (Å²) in [5.74, 6) is -1.14. The highest BCUT2D eigenvalue weighted by Crippen LogP contribution is 2.28. The molecule has 0 aliphatic carbocycles. The Morgan fingerprint density at radius 1 is 1.09 bits per heavy atom. The zero-order chi connectivity index (χ0) is 16.4. The van der Waals surface area contributed by atoms with Crippen molar-refractivity contribution in [1.29, 1.82) is 0 Å². The van der Waals surface area contributed by atoms with E-state index >= 15 is 0 Å². The molecule has 23 heavy (non-hydrogen) atoms. The lowest BCUT2D eigenvalue weighted by Crippen LogP contribution is -2.39. The second-order valence-electron chi connectivity index (χ2n) is 5.06. The van der Waals surface area contributed by atoms with E-state index in [2.05, 4.69) is 4.99 Å². The number of para-hydroxylation sites is 1. The highest BCUT2D eigenvalue weighted by molar-refractivity contribution is 6.20. The number of benzodiazepines with no additional fused rings is 1. The molecule has 0 bridgehead atoms. The summed E-state index contributed by atoms with van der Waals surface area (Å²) in [6.45, 7) is -0.241. The van der Waals surface area contributed by atoms with Crippen LogP contribution >= 0.6 is 0 Å². The summed E-state index contributed by atoms with van der Waals surface area (Å²) in [6.07, 6.45) is -1.65. The Bertz CT molecular complexity index is 776. The third-order valence-corrected chi connectivity index (χ3v) is 3.64. The van der Waals surface area contributed by atoms with Gasteiger partial charge in [0.05, 0.1) is 18.0 Å². The summed E-state index contributed by atoms with van der Waals surface area (Å²) in [6, 6.07) is 12.9. The average Bonchev–Trinajstić information content (AvgIpc) is 2.66. The molecule has 118 valence electrons. The van der Waals surface area contributed by atoms with Gasteiger partial charge >= 0.3 is 0 Å². The zero-order valence-electron chi connectivity index (χ0n) is 12.2. The Kier molecular flexibility index (Phi) is 4.18. The minimum Gasteiger partial charge on any atom is -0.395 e. The number of halogens is 1. The highest BCUT2D eigenvalue weighted by atomic mass is 19.1. The minimum atomic E-state index is -1.65. The lowest BCUT2D eigenvalue weighted by molar-refractivity contribution is -0.126. The van der Waals surface area contributed by atoms with Gasteiger partial charge in [0.25, 0.3) is 5.91 Å². The average molecular weight is 314 g/mol. The molecular formula is C17H15FN2O3. The smallest absolute Gasteiger partial charge is 0.278 e. The van der Waals surface area contributed by atoms with Crippen LogP contribution in [0.1, 0.15) is 11.1 Å². The third kappa shape index (κ3) is 2.74. The first-order valence-electron chi connectivity index (χ1n) is 7.16. The minimum absolute atomic E-state index is 0.0208. The van der Waals surface area contributed by atoms with Gasteiger partial charge in [-0.05, 0) is 18.2 Å². The molecule has 0 saturated carbocycles. The van der Waals surface area contributed by atoms with Crippen LogP contribution in [0.2, 0.25) is 0 Å². The van der Waals surface area contributed by atoms with Gasteiger partial charge in [-0.15, -0.1) is 0 Å². The molecule has 1 amide bonds. The van der Waals surface area contributed by atoms with Gasteiger partial charge in [-0.3, -0.25) is 4.79 Å². The maximum Gasteiger partial charge on any atom is 0.278 e. The first-order valence-corrected chi connectivity index (χ1v) is 7.16. The van der Waals surface area contributed by atoms with Crippen LogP contribution in [0.4, 0.5) is 10.1 Å². The van der Waals surface area contributed by atoms with Gasteiger partial charge in [-0.2, -0.15) is 0 Å². The molecular weight excluding hydrogens is 299 g/mol. The van der Waals surface area contributed by atoms with Crippen molar-refractivity contribution in [3.63, 3.8) is 0 Å². The first-order chi connectivity index (χ1) is 11.1. The van der Waals surface area contributed by atoms with Crippen LogP contribution in [0.25, 0.3) is 0 Å². The van der Waals surface area contributed by atoms with E-state index in [0.29, 0.717) is 11.3 Å². The van der Waals surface area contributed by atoms with E-state index in [1.165, 1.54) is 11.0 Å². The number of carbonyl (C=O) groups is 1. The number of anilines is 1. The fourth-order valence-electron chi connectivity index (χ4n) is 2.61. The monoisotopic (exact) mass is 314 g/mol. The second-order valence-corrected chi connectivity index (χ2v) is 5.06. The number of fused-ring (bicyclic) bond motifs is 1. The van der Waals surface area contributed by atoms with Crippen LogP contribution in [0.3, 0.4) is 0 Å². The number of aliphatic hydroxyl groups excluding tert-OH is 2. The molecule has 2 N–H and O–H groups in total. The van der Waals surface area contributed by atoms with Crippen molar-refractivity contribution in [2.24, 2.45) is 4.99 Å². The van der Waals surface area contributed by atoms with E-state index in [9.17, 15) is 19.4 Å². The van der Waals surface area contributed by atoms with Crippen LogP contribution < -0.4 is 4.90 Å². The summed E-state index contributed by atoms with van der Waals surface area (Å²) >= 11 is 0. The molecule has 0 fully saturated rings. The largest absolute Gasteiger partial charge is 0.395 e. The molecule has 3 rings (SSSR count). The maximum atomic E-state index is 14.2. The van der Waals surface area contributed by atoms with Crippen molar-refractivity contribution >= 4 is 17.3 Å². The lowest BCUT2D eigenvalue weighted by atomic mass is 10.00. The fraction of sp³-hybridized carbons (Fsp3) is 0.176. The standard InChI is InChI=1S/C17H15FN2O3/c18-13-7-3-1-5-11(13)15-12-6-2-4-8-14(12)20(9-10-21)17(23)16(22)19-15/h1-8,16,21-22H,9-10H2. The van der Waals surface area contributed by atoms with E-state index in [-0.39, 0.29) is 24.4 Å². The quantitative estimate of drug-likeness (QED) is 0.897. The highest BCUT2D eigenvalue weighted by Gasteiger charge is 2.30. The van der Waals surface area contributed by atoms with E-state index in [1.807, 2.05) is 0 Å². The molecule has 5 nitrogen and oxygen atoms in total. The van der Waals surface area contributed by atoms with E-state index in [1.54, 1.807) is 42.5 Å². The van der Waals surface area contributed by atoms with Crippen molar-refractivity contribution in [1.82, 2.24) is 0 Å². The SMILES string of the molecule is O=C1C(O)N=C(c2ccccc2F)c2ccccc2N1CCO. The normalized spacial score (nSPS) is 17.5. The van der Waals surface area contributed by atoms with Gasteiger partial charge in [0.15, 0.2) is 0 Å². The number of β-amino-alcohol motifs (C(OH)–C–C–N with tert-alkyl or cyclic N) is 1. The summed E-state index contributed by atoms with van der Waals surface area (Å²) < 4.78 is 14.2. The van der Waals surface area contributed by atoms with Gasteiger partial charge in [0.1, 0.15) is 5.82 Å². The van der Waals surface area contributed by atoms with Crippen LogP contribution in [0.5, 0.6) is 0 Å². The summed E-state index contributed by atoms with van der Waals surface area (Å²) in [4.78, 5) is 17.6. The molecule has 0 radical (unpaired) electrons. The van der Waals surface area contributed by atoms with E-state index in [0.717, 1.165) is 0 Å². The molecule has 0 aromatic heterocycles. The van der Waals surface area contributed by atoms with Crippen LogP contribution in [0, 0.1) is 5.82 Å². The predicted octanol–water partition coefficient (Wildman–Crippen LogP) is 1.32. The number of rotatable bonds is 3. The summed E-state index contributed by atoms with van der Waals surface area (Å²) in [5, 5.41) is 19.3. The molecule has 2 aromatic carbocycles. The Morgan fingerprint density at radius 3 is 2.43 bits per heavy atom. The first kappa shape index (κ1) is 15.3. The maximum absolute atomic E-state index is 14.2. The van der Waals surface area contributed by atoms with Crippen LogP contribution in [0.15, 0.2) is 53.5 Å². The zero-order valence-corrected chi connectivity index (χ0v) is 12.2. The number of hydrogen-bond acceptors (Lipinski definition) is 4. The summed E-state index contributed by atoms with van der Waals surface area (Å²) in [5.41, 5.74) is 1.42. The molecule has 1 aliphatic rings. The topological polar surface area (TPSA) is 73.1 Å². The van der Waals surface area contributed by atoms with Crippen LogP contribution in [-0.2, 0) is 4.79 Å². The molecule has 1 heterocycles. The molecule has 1 atom stereocenters. The van der Waals surface area contributed by atoms with Crippen LogP contribution in [-0.4, -0.2) is 41.2 Å². The van der Waals surface area contributed by atoms with Gasteiger partial charge in [-0.1, -0.05) is 30.3 Å². The Balaban J connectivity index is 2.23. The van der Waals surface area contributed by atoms with Gasteiger partial charge in [0.2, 0.25) is 6.23 Å². The van der Waals surface area contributed by atoms with E-state index in [4.69, 9.17) is 0 Å². The number of amides is 1. The molecule has 1 unspecified atom stereocenters. The number of hydrogen-bond donors (Lipinski definition) is 2. The molecule has 0 saturated heterocycles. The third-order valence-electron chi connectivity index (χ3n) is 3.64. The van der Waals surface area contributed by atoms with Gasteiger partial charge < -0.3 is 15.1 Å². The van der Waals surface area contributed by atoms with E-state index < -0.39 is 18.0 Å². The van der Waals surface area contributed by atoms with Crippen molar-refractivity contribution < 1.29 is 19.4 Å². The fourth-order valence-corrected chi connectivity index (χ4v) is 2.61. The van der Waals surface area contributed by atoms with Gasteiger partial charge in [0, 0.05) is 17.7 Å². The Morgan fingerprint density at radius 2 is 1.74 bits per heavy atom. The van der Waals surface area contributed by atoms with Crippen molar-refractivity contribution in [2.45, 2.75) is 6.23 Å². The number of nitrogens with zero attached hydrogens (tertiary/aromatic N) is 2. The summed E-state index contributed by atoms with van der Waals surface area (Å²) in [7, 11) is 0. The number of aliphatic hydroxyl groups is 2. The number of benzene rings is 2. The Hall–Kier alpha value is -2.57. The molecule has 0 spiro atoms. The number of carbonyl (C=O) groups excluding carboxylic acids is 1. The second kappa shape index (κ2) is 6.28. The number of aliphatic imine (C=N–C) groups is 1. The van der Waals surface area contributed by atoms with Crippen molar-refractivity contribution in [2.75, 3.05) is 18.1 Å². The van der Waals surface area contributed by atoms with Crippen molar-refractivity contribution in [3.05, 3.63) is 65.5 Å². The lowest BCUT2D eigenvalue weighted by Gasteiger charge is -2.22. The molecule has 1 aliphatic heterocycles. The Labute approximate surface area is 132 Å². The molecule has 2 aromatic rings. The molecule has 6 heteroatoms. The predicted molar refractivity (Wildman–Crippen MR) is 83.9 cm³/mol. The van der Waals surface area contributed by atoms with Crippen molar-refractivity contribution in [3.8, 4) is 0 Å². The van der Waals surface area contributed by atoms with Gasteiger partial charge in [-0.25, -0.2) is 9.38 Å².